The van der Waals surface area contributed by atoms with Gasteiger partial charge in [-0.25, -0.2) is 4.79 Å². The summed E-state index contributed by atoms with van der Waals surface area (Å²) < 4.78 is 5.23. The Morgan fingerprint density at radius 3 is 2.41 bits per heavy atom. The van der Waals surface area contributed by atoms with Gasteiger partial charge in [0.1, 0.15) is 5.60 Å². The normalized spacial score (nSPS) is 16.5. The lowest BCUT2D eigenvalue weighted by Gasteiger charge is -2.39. The number of aliphatic carboxylic acids is 1. The molecule has 1 heterocycles. The van der Waals surface area contributed by atoms with E-state index in [9.17, 15) is 9.59 Å². The van der Waals surface area contributed by atoms with Crippen molar-refractivity contribution in [3.63, 3.8) is 0 Å². The Morgan fingerprint density at radius 2 is 1.94 bits per heavy atom. The fourth-order valence-corrected chi connectivity index (χ4v) is 1.77. The van der Waals surface area contributed by atoms with Crippen LogP contribution >= 0.6 is 0 Å². The van der Waals surface area contributed by atoms with E-state index in [1.54, 1.807) is 4.90 Å². The zero-order chi connectivity index (χ0) is 13.1. The SMILES string of the molecule is CC(C)(C)OC(=O)N1CC(CCCC(=O)O)C1. The molecule has 0 aromatic rings. The first-order chi connectivity index (χ1) is 7.78. The maximum atomic E-state index is 11.6. The van der Waals surface area contributed by atoms with Crippen molar-refractivity contribution in [3.05, 3.63) is 0 Å². The molecule has 0 unspecified atom stereocenters. The molecule has 1 fully saturated rings. The fourth-order valence-electron chi connectivity index (χ4n) is 1.77. The number of carboxylic acids is 1. The van der Waals surface area contributed by atoms with E-state index in [-0.39, 0.29) is 12.5 Å². The number of carbonyl (C=O) groups excluding carboxylic acids is 1. The summed E-state index contributed by atoms with van der Waals surface area (Å²) in [6, 6.07) is 0. The van der Waals surface area contributed by atoms with Gasteiger partial charge >= 0.3 is 12.1 Å². The molecule has 1 aliphatic heterocycles. The molecule has 1 aliphatic rings. The molecule has 0 saturated carbocycles. The lowest BCUT2D eigenvalue weighted by Crippen LogP contribution is -2.51. The number of ether oxygens (including phenoxy) is 1. The third-order valence-corrected chi connectivity index (χ3v) is 2.61. The molecule has 1 amide bonds. The van der Waals surface area contributed by atoms with Gasteiger partial charge in [0.05, 0.1) is 0 Å². The third-order valence-electron chi connectivity index (χ3n) is 2.61. The van der Waals surface area contributed by atoms with Crippen LogP contribution in [0.25, 0.3) is 0 Å². The minimum atomic E-state index is -0.756. The van der Waals surface area contributed by atoms with Gasteiger partial charge in [-0.05, 0) is 39.5 Å². The van der Waals surface area contributed by atoms with Gasteiger partial charge in [0.2, 0.25) is 0 Å². The van der Waals surface area contributed by atoms with Crippen molar-refractivity contribution in [1.82, 2.24) is 4.90 Å². The smallest absolute Gasteiger partial charge is 0.410 e. The van der Waals surface area contributed by atoms with Gasteiger partial charge in [0, 0.05) is 19.5 Å². The molecule has 0 aliphatic carbocycles. The first-order valence-electron chi connectivity index (χ1n) is 5.97. The molecule has 98 valence electrons. The number of amides is 1. The second-order valence-electron chi connectivity index (χ2n) is 5.54. The van der Waals surface area contributed by atoms with E-state index in [0.717, 1.165) is 6.42 Å². The first-order valence-corrected chi connectivity index (χ1v) is 5.97. The quantitative estimate of drug-likeness (QED) is 0.821. The van der Waals surface area contributed by atoms with Crippen LogP contribution in [0.2, 0.25) is 0 Å². The summed E-state index contributed by atoms with van der Waals surface area (Å²) in [6.45, 7) is 6.90. The van der Waals surface area contributed by atoms with Crippen molar-refractivity contribution in [2.45, 2.75) is 45.6 Å². The van der Waals surface area contributed by atoms with Crippen molar-refractivity contribution in [3.8, 4) is 0 Å². The van der Waals surface area contributed by atoms with Crippen LogP contribution in [-0.2, 0) is 9.53 Å². The van der Waals surface area contributed by atoms with Crippen LogP contribution in [0.4, 0.5) is 4.79 Å². The minimum absolute atomic E-state index is 0.211. The highest BCUT2D eigenvalue weighted by Gasteiger charge is 2.33. The topological polar surface area (TPSA) is 66.8 Å². The van der Waals surface area contributed by atoms with Crippen LogP contribution in [0.1, 0.15) is 40.0 Å². The van der Waals surface area contributed by atoms with Gasteiger partial charge in [0.15, 0.2) is 0 Å². The summed E-state index contributed by atoms with van der Waals surface area (Å²) in [5, 5.41) is 8.50. The van der Waals surface area contributed by atoms with Gasteiger partial charge in [-0.15, -0.1) is 0 Å². The summed E-state index contributed by atoms with van der Waals surface area (Å²) in [6.07, 6.45) is 1.49. The Hall–Kier alpha value is -1.26. The van der Waals surface area contributed by atoms with E-state index in [1.165, 1.54) is 0 Å². The van der Waals surface area contributed by atoms with Crippen LogP contribution in [0, 0.1) is 5.92 Å². The van der Waals surface area contributed by atoms with Crippen LogP contribution in [0.5, 0.6) is 0 Å². The van der Waals surface area contributed by atoms with Crippen molar-refractivity contribution in [2.75, 3.05) is 13.1 Å². The summed E-state index contributed by atoms with van der Waals surface area (Å²) in [4.78, 5) is 23.6. The van der Waals surface area contributed by atoms with Crippen LogP contribution < -0.4 is 0 Å². The predicted octanol–water partition coefficient (Wildman–Crippen LogP) is 2.11. The highest BCUT2D eigenvalue weighted by atomic mass is 16.6. The molecule has 0 radical (unpaired) electrons. The fraction of sp³-hybridized carbons (Fsp3) is 0.833. The van der Waals surface area contributed by atoms with Gasteiger partial charge in [-0.1, -0.05) is 0 Å². The van der Waals surface area contributed by atoms with Crippen molar-refractivity contribution >= 4 is 12.1 Å². The van der Waals surface area contributed by atoms with Gasteiger partial charge in [-0.3, -0.25) is 4.79 Å². The van der Waals surface area contributed by atoms with E-state index >= 15 is 0 Å². The van der Waals surface area contributed by atoms with Crippen LogP contribution in [0.15, 0.2) is 0 Å². The van der Waals surface area contributed by atoms with Gasteiger partial charge in [-0.2, -0.15) is 0 Å². The highest BCUT2D eigenvalue weighted by Crippen LogP contribution is 2.23. The molecule has 0 aromatic heterocycles. The average molecular weight is 243 g/mol. The van der Waals surface area contributed by atoms with Crippen LogP contribution in [-0.4, -0.2) is 40.8 Å². The van der Waals surface area contributed by atoms with Crippen molar-refractivity contribution in [1.29, 1.82) is 0 Å². The Labute approximate surface area is 102 Å². The molecular formula is C12H21NO4. The summed E-state index contributed by atoms with van der Waals surface area (Å²) in [7, 11) is 0. The van der Waals surface area contributed by atoms with Gasteiger partial charge in [0.25, 0.3) is 0 Å². The lowest BCUT2D eigenvalue weighted by molar-refractivity contribution is -0.137. The number of nitrogens with zero attached hydrogens (tertiary/aromatic N) is 1. The van der Waals surface area contributed by atoms with E-state index < -0.39 is 11.6 Å². The molecule has 1 N–H and O–H groups in total. The number of likely N-dealkylation sites (tertiary alicyclic amines) is 1. The van der Waals surface area contributed by atoms with Gasteiger partial charge < -0.3 is 14.7 Å². The molecule has 0 bridgehead atoms. The van der Waals surface area contributed by atoms with E-state index in [0.29, 0.717) is 25.4 Å². The molecule has 1 rings (SSSR count). The lowest BCUT2D eigenvalue weighted by atomic mass is 9.94. The average Bonchev–Trinajstić information content (AvgIpc) is 2.04. The zero-order valence-electron chi connectivity index (χ0n) is 10.7. The van der Waals surface area contributed by atoms with E-state index in [1.807, 2.05) is 20.8 Å². The molecule has 5 heteroatoms. The van der Waals surface area contributed by atoms with Crippen molar-refractivity contribution in [2.24, 2.45) is 5.92 Å². The second kappa shape index (κ2) is 5.38. The number of hydrogen-bond donors (Lipinski definition) is 1. The largest absolute Gasteiger partial charge is 0.481 e. The monoisotopic (exact) mass is 243 g/mol. The number of carboxylic acid groups (broad SMARTS) is 1. The maximum absolute atomic E-state index is 11.6. The predicted molar refractivity (Wildman–Crippen MR) is 62.8 cm³/mol. The van der Waals surface area contributed by atoms with E-state index in [4.69, 9.17) is 9.84 Å². The number of carbonyl (C=O) groups is 2. The standard InChI is InChI=1S/C12H21NO4/c1-12(2,3)17-11(16)13-7-9(8-13)5-4-6-10(14)15/h9H,4-8H2,1-3H3,(H,14,15). The number of rotatable bonds is 4. The zero-order valence-corrected chi connectivity index (χ0v) is 10.7. The molecule has 0 atom stereocenters. The highest BCUT2D eigenvalue weighted by molar-refractivity contribution is 5.69. The Kier molecular flexibility index (Phi) is 4.37. The van der Waals surface area contributed by atoms with Crippen LogP contribution in [0.3, 0.4) is 0 Å². The second-order valence-corrected chi connectivity index (χ2v) is 5.54. The molecule has 0 aromatic carbocycles. The summed E-state index contributed by atoms with van der Waals surface area (Å²) >= 11 is 0. The third kappa shape index (κ3) is 5.06. The molecule has 5 nitrogen and oxygen atoms in total. The maximum Gasteiger partial charge on any atom is 0.410 e. The minimum Gasteiger partial charge on any atom is -0.481 e. The first kappa shape index (κ1) is 13.8. The molecular weight excluding hydrogens is 222 g/mol. The molecule has 1 saturated heterocycles. The Balaban J connectivity index is 2.14. The Bertz CT molecular complexity index is 289. The summed E-state index contributed by atoms with van der Waals surface area (Å²) in [5.41, 5.74) is -0.453. The molecule has 0 spiro atoms. The summed E-state index contributed by atoms with van der Waals surface area (Å²) in [5.74, 6) is -0.324. The number of hydrogen-bond acceptors (Lipinski definition) is 3. The molecule has 17 heavy (non-hydrogen) atoms. The Morgan fingerprint density at radius 1 is 1.35 bits per heavy atom. The van der Waals surface area contributed by atoms with E-state index in [2.05, 4.69) is 0 Å². The van der Waals surface area contributed by atoms with Crippen molar-refractivity contribution < 1.29 is 19.4 Å².